The molecule has 1 N–H and O–H groups in total. The van der Waals surface area contributed by atoms with Crippen LogP contribution in [0.3, 0.4) is 0 Å². The summed E-state index contributed by atoms with van der Waals surface area (Å²) in [4.78, 5) is 12.7. The van der Waals surface area contributed by atoms with E-state index in [4.69, 9.17) is 4.74 Å². The summed E-state index contributed by atoms with van der Waals surface area (Å²) in [7, 11) is -3.67. The number of carbonyl (C=O) groups is 1. The molecule has 4 rings (SSSR count). The van der Waals surface area contributed by atoms with Crippen molar-refractivity contribution in [3.05, 3.63) is 60.4 Å². The van der Waals surface area contributed by atoms with Gasteiger partial charge in [0.05, 0.1) is 23.8 Å². The molecule has 1 fully saturated rings. The zero-order valence-electron chi connectivity index (χ0n) is 15.3. The fourth-order valence-electron chi connectivity index (χ4n) is 2.91. The summed E-state index contributed by atoms with van der Waals surface area (Å²) in [6.07, 6.45) is 1.47. The van der Waals surface area contributed by atoms with Crippen molar-refractivity contribution in [1.29, 1.82) is 0 Å². The maximum atomic E-state index is 12.8. The first-order chi connectivity index (χ1) is 14.0. The summed E-state index contributed by atoms with van der Waals surface area (Å²) >= 11 is 0. The smallest absolute Gasteiger partial charge is 0.255 e. The highest BCUT2D eigenvalue weighted by molar-refractivity contribution is 7.89. The Kier molecular flexibility index (Phi) is 5.34. The van der Waals surface area contributed by atoms with Crippen molar-refractivity contribution in [2.24, 2.45) is 0 Å². The Labute approximate surface area is 167 Å². The first-order valence-corrected chi connectivity index (χ1v) is 10.3. The number of benzene rings is 2. The zero-order valence-corrected chi connectivity index (χ0v) is 16.1. The molecule has 0 radical (unpaired) electrons. The van der Waals surface area contributed by atoms with Crippen molar-refractivity contribution in [1.82, 2.24) is 24.5 Å². The van der Waals surface area contributed by atoms with E-state index in [0.29, 0.717) is 32.0 Å². The molecule has 1 amide bonds. The van der Waals surface area contributed by atoms with E-state index in [-0.39, 0.29) is 10.5 Å². The Balaban J connectivity index is 1.50. The van der Waals surface area contributed by atoms with Crippen LogP contribution in [-0.4, -0.2) is 65.1 Å². The van der Waals surface area contributed by atoms with Gasteiger partial charge in [-0.05, 0) is 52.9 Å². The summed E-state index contributed by atoms with van der Waals surface area (Å²) in [6, 6.07) is 12.9. The van der Waals surface area contributed by atoms with E-state index < -0.39 is 15.9 Å². The summed E-state index contributed by atoms with van der Waals surface area (Å²) < 4.78 is 33.6. The van der Waals surface area contributed by atoms with Crippen LogP contribution in [0.1, 0.15) is 10.4 Å². The van der Waals surface area contributed by atoms with Crippen molar-refractivity contribution in [2.75, 3.05) is 31.6 Å². The van der Waals surface area contributed by atoms with Crippen molar-refractivity contribution in [3.63, 3.8) is 0 Å². The Morgan fingerprint density at radius 3 is 2.52 bits per heavy atom. The number of nitrogens with zero attached hydrogens (tertiary/aromatic N) is 5. The van der Waals surface area contributed by atoms with Crippen molar-refractivity contribution >= 4 is 21.6 Å². The van der Waals surface area contributed by atoms with E-state index in [0.717, 1.165) is 5.69 Å². The normalized spacial score (nSPS) is 15.2. The lowest BCUT2D eigenvalue weighted by Crippen LogP contribution is -2.40. The number of hydrogen-bond acceptors (Lipinski definition) is 7. The molecule has 0 aliphatic carbocycles. The Hall–Kier alpha value is -3.15. The van der Waals surface area contributed by atoms with Crippen LogP contribution in [-0.2, 0) is 14.8 Å². The molecule has 0 saturated carbocycles. The van der Waals surface area contributed by atoms with Gasteiger partial charge in [0, 0.05) is 24.3 Å². The first kappa shape index (κ1) is 19.2. The van der Waals surface area contributed by atoms with Crippen molar-refractivity contribution < 1.29 is 17.9 Å². The number of sulfonamides is 1. The number of anilines is 1. The molecule has 10 nitrogen and oxygen atoms in total. The minimum Gasteiger partial charge on any atom is -0.379 e. The van der Waals surface area contributed by atoms with Crippen LogP contribution in [0.5, 0.6) is 0 Å². The largest absolute Gasteiger partial charge is 0.379 e. The van der Waals surface area contributed by atoms with Crippen LogP contribution in [0.25, 0.3) is 5.69 Å². The van der Waals surface area contributed by atoms with Crippen LogP contribution in [0.4, 0.5) is 5.69 Å². The number of tetrazole rings is 1. The average Bonchev–Trinajstić information content (AvgIpc) is 3.30. The van der Waals surface area contributed by atoms with Gasteiger partial charge in [-0.2, -0.15) is 4.31 Å². The number of nitrogens with one attached hydrogen (secondary N) is 1. The molecule has 0 unspecified atom stereocenters. The molecule has 29 heavy (non-hydrogen) atoms. The topological polar surface area (TPSA) is 119 Å². The number of rotatable bonds is 5. The van der Waals surface area contributed by atoms with Crippen LogP contribution >= 0.6 is 0 Å². The molecule has 3 aromatic rings. The molecule has 1 saturated heterocycles. The Morgan fingerprint density at radius 1 is 1.07 bits per heavy atom. The highest BCUT2D eigenvalue weighted by Crippen LogP contribution is 2.19. The number of morpholine rings is 1. The number of ether oxygens (including phenoxy) is 1. The second-order valence-electron chi connectivity index (χ2n) is 6.30. The van der Waals surface area contributed by atoms with Gasteiger partial charge in [0.2, 0.25) is 10.0 Å². The average molecular weight is 414 g/mol. The monoisotopic (exact) mass is 414 g/mol. The van der Waals surface area contributed by atoms with Gasteiger partial charge >= 0.3 is 0 Å². The second kappa shape index (κ2) is 8.07. The lowest BCUT2D eigenvalue weighted by Gasteiger charge is -2.26. The fourth-order valence-corrected chi connectivity index (χ4v) is 4.37. The predicted octanol–water partition coefficient (Wildman–Crippen LogP) is 0.935. The zero-order chi connectivity index (χ0) is 20.3. The van der Waals surface area contributed by atoms with E-state index in [2.05, 4.69) is 20.8 Å². The van der Waals surface area contributed by atoms with E-state index in [1.54, 1.807) is 36.4 Å². The highest BCUT2D eigenvalue weighted by atomic mass is 32.2. The third kappa shape index (κ3) is 4.16. The quantitative estimate of drug-likeness (QED) is 0.660. The number of hydrogen-bond donors (Lipinski definition) is 1. The third-order valence-electron chi connectivity index (χ3n) is 4.44. The molecule has 1 aliphatic heterocycles. The van der Waals surface area contributed by atoms with Crippen LogP contribution in [0, 0.1) is 0 Å². The molecule has 0 atom stereocenters. The van der Waals surface area contributed by atoms with Crippen molar-refractivity contribution in [3.8, 4) is 5.69 Å². The van der Waals surface area contributed by atoms with Gasteiger partial charge in [0.15, 0.2) is 0 Å². The van der Waals surface area contributed by atoms with Gasteiger partial charge in [0.1, 0.15) is 6.33 Å². The van der Waals surface area contributed by atoms with Crippen LogP contribution in [0.2, 0.25) is 0 Å². The molecule has 0 bridgehead atoms. The standard InChI is InChI=1S/C18H18N6O4S/c25-18(20-15-4-6-16(7-5-15)24-13-19-21-22-24)14-2-1-3-17(12-14)29(26,27)23-8-10-28-11-9-23/h1-7,12-13H,8-11H2,(H,20,25). The van der Waals surface area contributed by atoms with Crippen molar-refractivity contribution in [2.45, 2.75) is 4.90 Å². The molecule has 1 aromatic heterocycles. The SMILES string of the molecule is O=C(Nc1ccc(-n2cnnn2)cc1)c1cccc(S(=O)(=O)N2CCOCC2)c1. The lowest BCUT2D eigenvalue weighted by atomic mass is 10.2. The fraction of sp³-hybridized carbons (Fsp3) is 0.222. The van der Waals surface area contributed by atoms with Crippen LogP contribution in [0.15, 0.2) is 59.8 Å². The maximum absolute atomic E-state index is 12.8. The molecule has 0 spiro atoms. The summed E-state index contributed by atoms with van der Waals surface area (Å²) in [5.74, 6) is -0.404. The molecule has 2 heterocycles. The van der Waals surface area contributed by atoms with Gasteiger partial charge in [0.25, 0.3) is 5.91 Å². The minimum absolute atomic E-state index is 0.0843. The van der Waals surface area contributed by atoms with Gasteiger partial charge in [-0.15, -0.1) is 5.10 Å². The summed E-state index contributed by atoms with van der Waals surface area (Å²) in [5, 5.41) is 13.7. The minimum atomic E-state index is -3.67. The highest BCUT2D eigenvalue weighted by Gasteiger charge is 2.26. The van der Waals surface area contributed by atoms with Gasteiger partial charge < -0.3 is 10.1 Å². The molecule has 11 heteroatoms. The van der Waals surface area contributed by atoms with Gasteiger partial charge in [-0.25, -0.2) is 13.1 Å². The molecule has 2 aromatic carbocycles. The van der Waals surface area contributed by atoms with E-state index >= 15 is 0 Å². The molecular weight excluding hydrogens is 396 g/mol. The number of aromatic nitrogens is 4. The first-order valence-electron chi connectivity index (χ1n) is 8.87. The lowest BCUT2D eigenvalue weighted by molar-refractivity contribution is 0.0730. The molecule has 150 valence electrons. The summed E-state index contributed by atoms with van der Waals surface area (Å²) in [6.45, 7) is 1.32. The maximum Gasteiger partial charge on any atom is 0.255 e. The number of amides is 1. The van der Waals surface area contributed by atoms with Gasteiger partial charge in [-0.1, -0.05) is 6.07 Å². The van der Waals surface area contributed by atoms with E-state index in [1.165, 1.54) is 27.4 Å². The summed E-state index contributed by atoms with van der Waals surface area (Å²) in [5.41, 5.74) is 1.56. The van der Waals surface area contributed by atoms with E-state index in [9.17, 15) is 13.2 Å². The Bertz CT molecular complexity index is 1090. The second-order valence-corrected chi connectivity index (χ2v) is 8.24. The third-order valence-corrected chi connectivity index (χ3v) is 6.34. The van der Waals surface area contributed by atoms with Gasteiger partial charge in [-0.3, -0.25) is 4.79 Å². The Morgan fingerprint density at radius 2 is 1.83 bits per heavy atom. The number of carbonyl (C=O) groups excluding carboxylic acids is 1. The molecule has 1 aliphatic rings. The van der Waals surface area contributed by atoms with E-state index in [1.807, 2.05) is 0 Å². The molecular formula is C18H18N6O4S. The van der Waals surface area contributed by atoms with Crippen LogP contribution < -0.4 is 5.32 Å². The predicted molar refractivity (Wildman–Crippen MR) is 103 cm³/mol.